The van der Waals surface area contributed by atoms with Gasteiger partial charge in [-0.3, -0.25) is 14.5 Å². The summed E-state index contributed by atoms with van der Waals surface area (Å²) < 4.78 is 11.0. The van der Waals surface area contributed by atoms with Gasteiger partial charge < -0.3 is 19.9 Å². The summed E-state index contributed by atoms with van der Waals surface area (Å²) in [6.45, 7) is 0.145. The Morgan fingerprint density at radius 2 is 1.97 bits per heavy atom. The lowest BCUT2D eigenvalue weighted by Crippen LogP contribution is -2.32. The fourth-order valence-electron chi connectivity index (χ4n) is 3.94. The number of pyridine rings is 1. The van der Waals surface area contributed by atoms with Gasteiger partial charge in [0.15, 0.2) is 10.8 Å². The molecule has 1 aliphatic rings. The quantitative estimate of drug-likeness (QED) is 0.386. The molecule has 2 aromatic heterocycles. The normalized spacial score (nSPS) is 12.5. The zero-order valence-corrected chi connectivity index (χ0v) is 19.4. The van der Waals surface area contributed by atoms with E-state index in [1.807, 2.05) is 12.1 Å². The molecular formula is C24H18N4O6S. The van der Waals surface area contributed by atoms with Gasteiger partial charge in [0.2, 0.25) is 0 Å². The summed E-state index contributed by atoms with van der Waals surface area (Å²) in [5, 5.41) is 14.9. The third kappa shape index (κ3) is 3.81. The second-order valence-corrected chi connectivity index (χ2v) is 8.45. The SMILES string of the molecule is COc1cc(OC)c2c(C(=O)N3Cc4ccccc4C3=O)ncc(Nc3nc(C(=O)O)cs3)c2c1. The molecule has 2 N–H and O–H groups in total. The molecule has 0 saturated carbocycles. The number of amides is 2. The number of nitrogens with zero attached hydrogens (tertiary/aromatic N) is 3. The number of rotatable bonds is 6. The van der Waals surface area contributed by atoms with Crippen molar-refractivity contribution in [1.29, 1.82) is 0 Å². The van der Waals surface area contributed by atoms with Crippen LogP contribution in [0.25, 0.3) is 10.8 Å². The number of hydrogen-bond donors (Lipinski definition) is 2. The molecule has 5 rings (SSSR count). The van der Waals surface area contributed by atoms with E-state index >= 15 is 0 Å². The Hall–Kier alpha value is -4.51. The van der Waals surface area contributed by atoms with Crippen LogP contribution in [-0.4, -0.2) is 52.0 Å². The molecule has 0 radical (unpaired) electrons. The average Bonchev–Trinajstić information content (AvgIpc) is 3.48. The third-order valence-electron chi connectivity index (χ3n) is 5.62. The Balaban J connectivity index is 1.62. The van der Waals surface area contributed by atoms with Crippen LogP contribution in [0.1, 0.15) is 36.9 Å². The number of carboxylic acids is 1. The maximum absolute atomic E-state index is 13.6. The molecular weight excluding hydrogens is 472 g/mol. The Labute approximate surface area is 202 Å². The highest BCUT2D eigenvalue weighted by Gasteiger charge is 2.34. The van der Waals surface area contributed by atoms with Crippen LogP contribution in [0.4, 0.5) is 10.8 Å². The Bertz CT molecular complexity index is 1520. The average molecular weight is 490 g/mol. The lowest BCUT2D eigenvalue weighted by atomic mass is 10.1. The van der Waals surface area contributed by atoms with Crippen LogP contribution in [0.3, 0.4) is 0 Å². The number of aromatic nitrogens is 2. The van der Waals surface area contributed by atoms with E-state index in [2.05, 4.69) is 15.3 Å². The van der Waals surface area contributed by atoms with E-state index in [1.165, 1.54) is 25.8 Å². The van der Waals surface area contributed by atoms with E-state index in [1.54, 1.807) is 24.3 Å². The molecule has 11 heteroatoms. The topological polar surface area (TPSA) is 131 Å². The van der Waals surface area contributed by atoms with Crippen LogP contribution in [-0.2, 0) is 6.54 Å². The molecule has 2 amide bonds. The van der Waals surface area contributed by atoms with Gasteiger partial charge in [0.05, 0.1) is 38.0 Å². The van der Waals surface area contributed by atoms with E-state index in [9.17, 15) is 14.4 Å². The molecule has 0 aliphatic carbocycles. The smallest absolute Gasteiger partial charge is 0.355 e. The third-order valence-corrected chi connectivity index (χ3v) is 6.37. The summed E-state index contributed by atoms with van der Waals surface area (Å²) in [5.41, 5.74) is 1.65. The summed E-state index contributed by atoms with van der Waals surface area (Å²) in [6.07, 6.45) is 1.43. The van der Waals surface area contributed by atoms with Gasteiger partial charge in [0, 0.05) is 22.4 Å². The van der Waals surface area contributed by atoms with Crippen molar-refractivity contribution in [2.75, 3.05) is 19.5 Å². The Morgan fingerprint density at radius 3 is 2.66 bits per heavy atom. The highest BCUT2D eigenvalue weighted by molar-refractivity contribution is 7.14. The van der Waals surface area contributed by atoms with E-state index in [4.69, 9.17) is 14.6 Å². The zero-order valence-electron chi connectivity index (χ0n) is 18.6. The minimum atomic E-state index is -1.14. The molecule has 10 nitrogen and oxygen atoms in total. The van der Waals surface area contributed by atoms with Crippen molar-refractivity contribution < 1.29 is 29.0 Å². The Morgan fingerprint density at radius 1 is 1.17 bits per heavy atom. The number of fused-ring (bicyclic) bond motifs is 2. The summed E-state index contributed by atoms with van der Waals surface area (Å²) in [6, 6.07) is 10.4. The summed E-state index contributed by atoms with van der Waals surface area (Å²) in [7, 11) is 2.96. The maximum atomic E-state index is 13.6. The van der Waals surface area contributed by atoms with E-state index in [-0.39, 0.29) is 23.8 Å². The first-order valence-corrected chi connectivity index (χ1v) is 11.2. The van der Waals surface area contributed by atoms with Crippen LogP contribution < -0.4 is 14.8 Å². The van der Waals surface area contributed by atoms with Crippen LogP contribution in [0.5, 0.6) is 11.5 Å². The number of carbonyl (C=O) groups is 3. The lowest BCUT2D eigenvalue weighted by Gasteiger charge is -2.18. The van der Waals surface area contributed by atoms with Crippen molar-refractivity contribution in [1.82, 2.24) is 14.9 Å². The molecule has 2 aromatic carbocycles. The minimum absolute atomic E-state index is 0.0385. The fraction of sp³-hybridized carbons (Fsp3) is 0.125. The molecule has 0 atom stereocenters. The molecule has 4 aromatic rings. The van der Waals surface area contributed by atoms with Gasteiger partial charge in [-0.25, -0.2) is 14.8 Å². The summed E-state index contributed by atoms with van der Waals surface area (Å²) in [5.74, 6) is -1.30. The molecule has 0 spiro atoms. The number of benzene rings is 2. The standard InChI is InChI=1S/C24H18N4O6S/c1-33-13-7-15-16(26-24-27-17(11-35-24)23(31)32)9-25-20(19(15)18(8-13)34-2)22(30)28-10-12-5-3-4-6-14(12)21(28)29/h3-9,11H,10H2,1-2H3,(H,26,27)(H,31,32). The number of carbonyl (C=O) groups excluding carboxylic acids is 2. The van der Waals surface area contributed by atoms with Crippen LogP contribution >= 0.6 is 11.3 Å². The van der Waals surface area contributed by atoms with Crippen molar-refractivity contribution in [2.24, 2.45) is 0 Å². The minimum Gasteiger partial charge on any atom is -0.497 e. The molecule has 0 bridgehead atoms. The second kappa shape index (κ2) is 8.69. The number of ether oxygens (including phenoxy) is 2. The van der Waals surface area contributed by atoms with Gasteiger partial charge in [0.1, 0.15) is 17.2 Å². The molecule has 176 valence electrons. The zero-order chi connectivity index (χ0) is 24.7. The van der Waals surface area contributed by atoms with Crippen molar-refractivity contribution in [2.45, 2.75) is 6.54 Å². The van der Waals surface area contributed by atoms with Crippen molar-refractivity contribution in [3.05, 3.63) is 70.5 Å². The fourth-order valence-corrected chi connectivity index (χ4v) is 4.64. The van der Waals surface area contributed by atoms with E-state index < -0.39 is 11.9 Å². The molecule has 0 unspecified atom stereocenters. The highest BCUT2D eigenvalue weighted by Crippen LogP contribution is 2.39. The molecule has 1 aliphatic heterocycles. The van der Waals surface area contributed by atoms with E-state index in [0.29, 0.717) is 38.7 Å². The van der Waals surface area contributed by atoms with Crippen LogP contribution in [0.15, 0.2) is 48.0 Å². The van der Waals surface area contributed by atoms with E-state index in [0.717, 1.165) is 21.8 Å². The largest absolute Gasteiger partial charge is 0.497 e. The number of carboxylic acid groups (broad SMARTS) is 1. The number of nitrogens with one attached hydrogen (secondary N) is 1. The van der Waals surface area contributed by atoms with Crippen molar-refractivity contribution in [3.63, 3.8) is 0 Å². The molecule has 35 heavy (non-hydrogen) atoms. The lowest BCUT2D eigenvalue weighted by molar-refractivity contribution is 0.0626. The van der Waals surface area contributed by atoms with Crippen molar-refractivity contribution in [3.8, 4) is 11.5 Å². The number of hydrogen-bond acceptors (Lipinski definition) is 9. The van der Waals surface area contributed by atoms with Crippen LogP contribution in [0, 0.1) is 0 Å². The van der Waals surface area contributed by atoms with Gasteiger partial charge in [-0.05, 0) is 17.7 Å². The van der Waals surface area contributed by atoms with Gasteiger partial charge in [-0.2, -0.15) is 0 Å². The predicted octanol–water partition coefficient (Wildman–Crippen LogP) is 3.95. The van der Waals surface area contributed by atoms with Gasteiger partial charge in [-0.15, -0.1) is 11.3 Å². The number of aromatic carboxylic acids is 1. The van der Waals surface area contributed by atoms with Gasteiger partial charge >= 0.3 is 5.97 Å². The predicted molar refractivity (Wildman–Crippen MR) is 128 cm³/mol. The first kappa shape index (κ1) is 22.3. The monoisotopic (exact) mass is 490 g/mol. The first-order valence-electron chi connectivity index (χ1n) is 10.4. The Kier molecular flexibility index (Phi) is 5.53. The van der Waals surface area contributed by atoms with Crippen LogP contribution in [0.2, 0.25) is 0 Å². The maximum Gasteiger partial charge on any atom is 0.355 e. The molecule has 3 heterocycles. The summed E-state index contributed by atoms with van der Waals surface area (Å²) in [4.78, 5) is 47.3. The van der Waals surface area contributed by atoms with Gasteiger partial charge in [0.25, 0.3) is 11.8 Å². The first-order chi connectivity index (χ1) is 16.9. The molecule has 0 saturated heterocycles. The highest BCUT2D eigenvalue weighted by atomic mass is 32.1. The number of imide groups is 1. The second-order valence-electron chi connectivity index (χ2n) is 7.59. The number of anilines is 2. The molecule has 0 fully saturated rings. The summed E-state index contributed by atoms with van der Waals surface area (Å²) >= 11 is 1.11. The number of methoxy groups -OCH3 is 2. The number of thiazole rings is 1. The van der Waals surface area contributed by atoms with Gasteiger partial charge in [-0.1, -0.05) is 18.2 Å². The van der Waals surface area contributed by atoms with Crippen molar-refractivity contribution >= 4 is 50.7 Å².